The normalized spacial score (nSPS) is 10.1. The number of hydrogen-bond donors (Lipinski definition) is 1. The summed E-state index contributed by atoms with van der Waals surface area (Å²) in [5.41, 5.74) is 6.38. The van der Waals surface area contributed by atoms with Crippen LogP contribution in [0.4, 0.5) is 5.00 Å². The van der Waals surface area contributed by atoms with Crippen molar-refractivity contribution in [2.45, 2.75) is 13.5 Å². The summed E-state index contributed by atoms with van der Waals surface area (Å²) in [4.78, 5) is 12.0. The second-order valence-corrected chi connectivity index (χ2v) is 3.74. The molecule has 1 aromatic heterocycles. The van der Waals surface area contributed by atoms with E-state index in [1.54, 1.807) is 20.1 Å². The molecule has 5 heteroatoms. The minimum Gasteiger partial charge on any atom is -0.462 e. The Kier molecular flexibility index (Phi) is 3.91. The van der Waals surface area contributed by atoms with Crippen LogP contribution < -0.4 is 5.73 Å². The lowest BCUT2D eigenvalue weighted by atomic mass is 10.2. The van der Waals surface area contributed by atoms with E-state index in [0.717, 1.165) is 5.56 Å². The molecule has 0 aliphatic heterocycles. The van der Waals surface area contributed by atoms with E-state index in [1.165, 1.54) is 11.3 Å². The maximum Gasteiger partial charge on any atom is 0.348 e. The summed E-state index contributed by atoms with van der Waals surface area (Å²) in [6.45, 7) is 2.51. The van der Waals surface area contributed by atoms with Crippen molar-refractivity contribution in [1.29, 1.82) is 0 Å². The Bertz CT molecular complexity index is 322. The topological polar surface area (TPSA) is 61.5 Å². The van der Waals surface area contributed by atoms with E-state index in [0.29, 0.717) is 23.1 Å². The minimum atomic E-state index is -0.332. The van der Waals surface area contributed by atoms with E-state index in [-0.39, 0.29) is 5.97 Å². The second kappa shape index (κ2) is 4.97. The van der Waals surface area contributed by atoms with Gasteiger partial charge in [0, 0.05) is 12.7 Å². The predicted octanol–water partition coefficient (Wildman–Crippen LogP) is 1.65. The van der Waals surface area contributed by atoms with Crippen molar-refractivity contribution in [2.24, 2.45) is 0 Å². The number of carbonyl (C=O) groups is 1. The molecule has 0 unspecified atom stereocenters. The molecule has 14 heavy (non-hydrogen) atoms. The van der Waals surface area contributed by atoms with Gasteiger partial charge in [-0.15, -0.1) is 11.3 Å². The van der Waals surface area contributed by atoms with Gasteiger partial charge in [-0.1, -0.05) is 0 Å². The molecule has 0 aromatic carbocycles. The van der Waals surface area contributed by atoms with Crippen molar-refractivity contribution < 1.29 is 14.3 Å². The summed E-state index contributed by atoms with van der Waals surface area (Å²) in [6, 6.07) is 1.74. The zero-order valence-electron chi connectivity index (χ0n) is 8.20. The Morgan fingerprint density at radius 1 is 1.64 bits per heavy atom. The maximum atomic E-state index is 11.4. The molecule has 0 aliphatic rings. The fourth-order valence-corrected chi connectivity index (χ4v) is 1.91. The predicted molar refractivity (Wildman–Crippen MR) is 55.4 cm³/mol. The first-order chi connectivity index (χ1) is 6.69. The quantitative estimate of drug-likeness (QED) is 0.776. The van der Waals surface area contributed by atoms with Gasteiger partial charge in [-0.2, -0.15) is 0 Å². The van der Waals surface area contributed by atoms with Crippen LogP contribution in [0.3, 0.4) is 0 Å². The molecule has 1 heterocycles. The van der Waals surface area contributed by atoms with Gasteiger partial charge in [-0.25, -0.2) is 4.79 Å². The fourth-order valence-electron chi connectivity index (χ4n) is 1.08. The van der Waals surface area contributed by atoms with Crippen molar-refractivity contribution >= 4 is 22.3 Å². The summed E-state index contributed by atoms with van der Waals surface area (Å²) in [5.74, 6) is -0.332. The molecule has 4 nitrogen and oxygen atoms in total. The molecule has 0 amide bonds. The zero-order valence-corrected chi connectivity index (χ0v) is 9.02. The number of hydrogen-bond acceptors (Lipinski definition) is 5. The zero-order chi connectivity index (χ0) is 10.6. The highest BCUT2D eigenvalue weighted by Crippen LogP contribution is 2.25. The van der Waals surface area contributed by atoms with E-state index >= 15 is 0 Å². The van der Waals surface area contributed by atoms with Crippen molar-refractivity contribution in [3.05, 3.63) is 16.5 Å². The highest BCUT2D eigenvalue weighted by Gasteiger charge is 2.15. The summed E-state index contributed by atoms with van der Waals surface area (Å²) in [5, 5.41) is 0.597. The summed E-state index contributed by atoms with van der Waals surface area (Å²) in [6.07, 6.45) is 0. The molecule has 0 bridgehead atoms. The van der Waals surface area contributed by atoms with Crippen LogP contribution in [-0.4, -0.2) is 19.7 Å². The summed E-state index contributed by atoms with van der Waals surface area (Å²) >= 11 is 1.23. The van der Waals surface area contributed by atoms with Crippen molar-refractivity contribution in [3.63, 3.8) is 0 Å². The largest absolute Gasteiger partial charge is 0.462 e. The molecule has 0 aliphatic carbocycles. The number of nitrogen functional groups attached to an aromatic ring is 1. The van der Waals surface area contributed by atoms with Crippen LogP contribution in [0, 0.1) is 0 Å². The van der Waals surface area contributed by atoms with E-state index in [4.69, 9.17) is 15.2 Å². The van der Waals surface area contributed by atoms with Crippen molar-refractivity contribution in [1.82, 2.24) is 0 Å². The molecule has 2 N–H and O–H groups in total. The number of anilines is 1. The smallest absolute Gasteiger partial charge is 0.348 e. The molecule has 1 aromatic rings. The molecular weight excluding hydrogens is 202 g/mol. The van der Waals surface area contributed by atoms with Crippen molar-refractivity contribution in [3.8, 4) is 0 Å². The molecule has 0 radical (unpaired) electrons. The molecule has 0 saturated carbocycles. The third kappa shape index (κ3) is 2.46. The molecule has 78 valence electrons. The number of rotatable bonds is 4. The lowest BCUT2D eigenvalue weighted by molar-refractivity contribution is 0.0528. The van der Waals surface area contributed by atoms with Crippen LogP contribution in [0.5, 0.6) is 0 Å². The van der Waals surface area contributed by atoms with Gasteiger partial charge in [-0.05, 0) is 13.0 Å². The lowest BCUT2D eigenvalue weighted by Gasteiger charge is -2.01. The number of carbonyl (C=O) groups excluding carboxylic acids is 1. The van der Waals surface area contributed by atoms with Crippen LogP contribution in [0.15, 0.2) is 6.07 Å². The van der Waals surface area contributed by atoms with E-state index < -0.39 is 0 Å². The average Bonchev–Trinajstić information content (AvgIpc) is 2.48. The van der Waals surface area contributed by atoms with Gasteiger partial charge in [0.25, 0.3) is 0 Å². The first-order valence-corrected chi connectivity index (χ1v) is 5.05. The van der Waals surface area contributed by atoms with Crippen LogP contribution in [0.25, 0.3) is 0 Å². The standard InChI is InChI=1S/C9H13NO3S/c1-3-13-9(11)8-6(5-12-2)4-7(10)14-8/h4H,3,5,10H2,1-2H3. The molecule has 0 saturated heterocycles. The number of ether oxygens (including phenoxy) is 2. The monoisotopic (exact) mass is 215 g/mol. The first kappa shape index (κ1) is 11.0. The van der Waals surface area contributed by atoms with Gasteiger partial charge < -0.3 is 15.2 Å². The summed E-state index contributed by atoms with van der Waals surface area (Å²) < 4.78 is 9.84. The fraction of sp³-hybridized carbons (Fsp3) is 0.444. The van der Waals surface area contributed by atoms with Crippen LogP contribution in [0.2, 0.25) is 0 Å². The minimum absolute atomic E-state index is 0.332. The van der Waals surface area contributed by atoms with Crippen LogP contribution in [0.1, 0.15) is 22.2 Å². The Morgan fingerprint density at radius 2 is 2.36 bits per heavy atom. The van der Waals surface area contributed by atoms with E-state index in [2.05, 4.69) is 0 Å². The highest BCUT2D eigenvalue weighted by atomic mass is 32.1. The summed E-state index contributed by atoms with van der Waals surface area (Å²) in [7, 11) is 1.57. The lowest BCUT2D eigenvalue weighted by Crippen LogP contribution is -2.05. The van der Waals surface area contributed by atoms with Crippen LogP contribution in [-0.2, 0) is 16.1 Å². The SMILES string of the molecule is CCOC(=O)c1sc(N)cc1COC. The Hall–Kier alpha value is -1.07. The number of nitrogens with two attached hydrogens (primary N) is 1. The van der Waals surface area contributed by atoms with Gasteiger partial charge in [0.05, 0.1) is 18.2 Å². The second-order valence-electron chi connectivity index (χ2n) is 2.66. The Morgan fingerprint density at radius 3 is 2.93 bits per heavy atom. The van der Waals surface area contributed by atoms with Crippen LogP contribution >= 0.6 is 11.3 Å². The van der Waals surface area contributed by atoms with Gasteiger partial charge in [0.2, 0.25) is 0 Å². The number of methoxy groups -OCH3 is 1. The van der Waals surface area contributed by atoms with Gasteiger partial charge in [-0.3, -0.25) is 0 Å². The third-order valence-electron chi connectivity index (χ3n) is 1.59. The highest BCUT2D eigenvalue weighted by molar-refractivity contribution is 7.17. The Balaban J connectivity index is 2.88. The van der Waals surface area contributed by atoms with Crippen molar-refractivity contribution in [2.75, 3.05) is 19.5 Å². The number of esters is 1. The average molecular weight is 215 g/mol. The maximum absolute atomic E-state index is 11.4. The van der Waals surface area contributed by atoms with E-state index in [1.807, 2.05) is 0 Å². The molecule has 0 fully saturated rings. The van der Waals surface area contributed by atoms with E-state index in [9.17, 15) is 4.79 Å². The first-order valence-electron chi connectivity index (χ1n) is 4.23. The van der Waals surface area contributed by atoms with Gasteiger partial charge in [0.15, 0.2) is 0 Å². The molecule has 0 atom stereocenters. The molecule has 1 rings (SSSR count). The third-order valence-corrected chi connectivity index (χ3v) is 2.58. The molecular formula is C9H13NO3S. The Labute approximate surface area is 86.6 Å². The van der Waals surface area contributed by atoms with Gasteiger partial charge >= 0.3 is 5.97 Å². The molecule has 0 spiro atoms. The van der Waals surface area contributed by atoms with Gasteiger partial charge in [0.1, 0.15) is 4.88 Å². The number of thiophene rings is 1.